The van der Waals surface area contributed by atoms with Gasteiger partial charge in [-0.15, -0.1) is 0 Å². The Kier molecular flexibility index (Phi) is 11.0. The smallest absolute Gasteiger partial charge is 0.244 e. The molecule has 0 aromatic heterocycles. The fourth-order valence-corrected chi connectivity index (χ4v) is 5.22. The Morgan fingerprint density at radius 2 is 1.68 bits per heavy atom. The van der Waals surface area contributed by atoms with Crippen LogP contribution in [0.15, 0.2) is 78.9 Å². The molecule has 10 heteroatoms. The van der Waals surface area contributed by atoms with Gasteiger partial charge in [0.1, 0.15) is 18.3 Å². The van der Waals surface area contributed by atoms with Gasteiger partial charge in [0, 0.05) is 30.1 Å². The molecule has 0 saturated carbocycles. The van der Waals surface area contributed by atoms with Crippen molar-refractivity contribution in [1.82, 2.24) is 10.2 Å². The standard InChI is InChI=1S/C30H36ClN3O5S/c1-5-22(2)32-30(36)28(18-23-12-7-6-8-13-23)33(20-24-14-9-10-17-27(24)31)29(35)21-34(40(4,37)38)25-15-11-16-26(19-25)39-3/h6-17,19,22,28H,5,18,20-21H2,1-4H3,(H,32,36)/t22-,28-/m0/s1. The molecule has 3 aromatic carbocycles. The number of rotatable bonds is 13. The highest BCUT2D eigenvalue weighted by atomic mass is 35.5. The van der Waals surface area contributed by atoms with E-state index in [4.69, 9.17) is 16.3 Å². The van der Waals surface area contributed by atoms with Gasteiger partial charge in [0.15, 0.2) is 0 Å². The Bertz CT molecular complexity index is 1400. The Labute approximate surface area is 241 Å². The van der Waals surface area contributed by atoms with Crippen LogP contribution in [0.4, 0.5) is 5.69 Å². The van der Waals surface area contributed by atoms with Crippen LogP contribution in [0.5, 0.6) is 5.75 Å². The van der Waals surface area contributed by atoms with Gasteiger partial charge in [-0.2, -0.15) is 0 Å². The van der Waals surface area contributed by atoms with E-state index in [0.717, 1.165) is 16.1 Å². The van der Waals surface area contributed by atoms with E-state index >= 15 is 0 Å². The first-order valence-corrected chi connectivity index (χ1v) is 15.2. The third kappa shape index (κ3) is 8.47. The highest BCUT2D eigenvalue weighted by Crippen LogP contribution is 2.25. The van der Waals surface area contributed by atoms with Gasteiger partial charge in [-0.25, -0.2) is 8.42 Å². The average Bonchev–Trinajstić information content (AvgIpc) is 2.94. The van der Waals surface area contributed by atoms with E-state index in [-0.39, 0.29) is 30.6 Å². The number of carbonyl (C=O) groups is 2. The largest absolute Gasteiger partial charge is 0.497 e. The van der Waals surface area contributed by atoms with Gasteiger partial charge in [0.2, 0.25) is 21.8 Å². The van der Waals surface area contributed by atoms with Crippen molar-refractivity contribution in [2.75, 3.05) is 24.2 Å². The number of ether oxygens (including phenoxy) is 1. The van der Waals surface area contributed by atoms with Crippen molar-refractivity contribution in [3.63, 3.8) is 0 Å². The molecule has 0 spiro atoms. The van der Waals surface area contributed by atoms with E-state index in [1.807, 2.05) is 44.2 Å². The lowest BCUT2D eigenvalue weighted by Gasteiger charge is -2.34. The molecule has 2 atom stereocenters. The zero-order valence-corrected chi connectivity index (χ0v) is 24.8. The molecule has 0 aliphatic carbocycles. The lowest BCUT2D eigenvalue weighted by molar-refractivity contribution is -0.140. The molecule has 0 heterocycles. The quantitative estimate of drug-likeness (QED) is 0.314. The Morgan fingerprint density at radius 3 is 2.30 bits per heavy atom. The number of methoxy groups -OCH3 is 1. The minimum Gasteiger partial charge on any atom is -0.497 e. The van der Waals surface area contributed by atoms with Crippen molar-refractivity contribution in [3.05, 3.63) is 95.0 Å². The van der Waals surface area contributed by atoms with Crippen LogP contribution in [0.3, 0.4) is 0 Å². The minimum absolute atomic E-state index is 0.0135. The van der Waals surface area contributed by atoms with Crippen molar-refractivity contribution in [3.8, 4) is 5.75 Å². The summed E-state index contributed by atoms with van der Waals surface area (Å²) in [5.74, 6) is -0.430. The summed E-state index contributed by atoms with van der Waals surface area (Å²) in [6.07, 6.45) is 1.98. The highest BCUT2D eigenvalue weighted by molar-refractivity contribution is 7.92. The van der Waals surface area contributed by atoms with Crippen molar-refractivity contribution in [2.24, 2.45) is 0 Å². The van der Waals surface area contributed by atoms with E-state index in [2.05, 4.69) is 5.32 Å². The molecule has 0 aliphatic heterocycles. The molecule has 0 fully saturated rings. The predicted octanol–water partition coefficient (Wildman–Crippen LogP) is 4.67. The summed E-state index contributed by atoms with van der Waals surface area (Å²) in [4.78, 5) is 29.2. The summed E-state index contributed by atoms with van der Waals surface area (Å²) in [6.45, 7) is 3.35. The number of hydrogen-bond donors (Lipinski definition) is 1. The number of anilines is 1. The van der Waals surface area contributed by atoms with Crippen LogP contribution in [0.25, 0.3) is 0 Å². The van der Waals surface area contributed by atoms with Gasteiger partial charge in [-0.3, -0.25) is 13.9 Å². The zero-order valence-electron chi connectivity index (χ0n) is 23.2. The second kappa shape index (κ2) is 14.2. The third-order valence-electron chi connectivity index (χ3n) is 6.59. The number of nitrogens with one attached hydrogen (secondary N) is 1. The van der Waals surface area contributed by atoms with E-state index in [1.165, 1.54) is 12.0 Å². The summed E-state index contributed by atoms with van der Waals surface area (Å²) < 4.78 is 32.1. The molecule has 2 amide bonds. The highest BCUT2D eigenvalue weighted by Gasteiger charge is 2.33. The van der Waals surface area contributed by atoms with Gasteiger partial charge >= 0.3 is 0 Å². The number of nitrogens with zero attached hydrogens (tertiary/aromatic N) is 2. The van der Waals surface area contributed by atoms with Crippen LogP contribution in [0, 0.1) is 0 Å². The Morgan fingerprint density at radius 1 is 1.00 bits per heavy atom. The van der Waals surface area contributed by atoms with E-state index in [1.54, 1.807) is 48.5 Å². The monoisotopic (exact) mass is 585 g/mol. The first-order valence-electron chi connectivity index (χ1n) is 13.0. The minimum atomic E-state index is -3.88. The van der Waals surface area contributed by atoms with Crippen molar-refractivity contribution >= 4 is 39.1 Å². The van der Waals surface area contributed by atoms with Gasteiger partial charge in [-0.05, 0) is 42.7 Å². The molecule has 0 radical (unpaired) electrons. The molecule has 3 aromatic rings. The summed E-state index contributed by atoms with van der Waals surface area (Å²) in [7, 11) is -2.40. The summed E-state index contributed by atoms with van der Waals surface area (Å²) >= 11 is 6.47. The Hall–Kier alpha value is -3.56. The number of carbonyl (C=O) groups excluding carboxylic acids is 2. The molecule has 0 bridgehead atoms. The van der Waals surface area contributed by atoms with E-state index in [0.29, 0.717) is 22.8 Å². The number of amides is 2. The lowest BCUT2D eigenvalue weighted by atomic mass is 10.0. The van der Waals surface area contributed by atoms with Gasteiger partial charge in [0.05, 0.1) is 19.1 Å². The van der Waals surface area contributed by atoms with Gasteiger partial charge in [-0.1, -0.05) is 73.1 Å². The number of benzene rings is 3. The van der Waals surface area contributed by atoms with E-state index < -0.39 is 28.5 Å². The maximum Gasteiger partial charge on any atom is 0.244 e. The number of halogens is 1. The SMILES string of the molecule is CC[C@H](C)NC(=O)[C@H](Cc1ccccc1)N(Cc1ccccc1Cl)C(=O)CN(c1cccc(OC)c1)S(C)(=O)=O. The van der Waals surface area contributed by atoms with Crippen molar-refractivity contribution in [2.45, 2.75) is 45.3 Å². The van der Waals surface area contributed by atoms with Crippen LogP contribution >= 0.6 is 11.6 Å². The van der Waals surface area contributed by atoms with Crippen molar-refractivity contribution in [1.29, 1.82) is 0 Å². The normalized spacial score (nSPS) is 12.7. The number of sulfonamides is 1. The molecule has 3 rings (SSSR count). The average molecular weight is 586 g/mol. The fraction of sp³-hybridized carbons (Fsp3) is 0.333. The fourth-order valence-electron chi connectivity index (χ4n) is 4.18. The molecule has 0 unspecified atom stereocenters. The van der Waals surface area contributed by atoms with Gasteiger partial charge in [0.25, 0.3) is 0 Å². The van der Waals surface area contributed by atoms with Crippen LogP contribution in [-0.2, 0) is 32.6 Å². The molecular weight excluding hydrogens is 550 g/mol. The maximum atomic E-state index is 14.1. The van der Waals surface area contributed by atoms with E-state index in [9.17, 15) is 18.0 Å². The molecular formula is C30H36ClN3O5S. The maximum absolute atomic E-state index is 14.1. The van der Waals surface area contributed by atoms with Crippen LogP contribution < -0.4 is 14.4 Å². The predicted molar refractivity (Wildman–Crippen MR) is 159 cm³/mol. The molecule has 0 saturated heterocycles. The topological polar surface area (TPSA) is 96.0 Å². The first kappa shape index (κ1) is 31.0. The number of hydrogen-bond acceptors (Lipinski definition) is 5. The first-order chi connectivity index (χ1) is 19.0. The second-order valence-electron chi connectivity index (χ2n) is 9.61. The molecule has 0 aliphatic rings. The molecule has 214 valence electrons. The zero-order chi connectivity index (χ0) is 29.3. The molecule has 8 nitrogen and oxygen atoms in total. The molecule has 1 N–H and O–H groups in total. The second-order valence-corrected chi connectivity index (χ2v) is 11.9. The summed E-state index contributed by atoms with van der Waals surface area (Å²) in [6, 6.07) is 21.9. The van der Waals surface area contributed by atoms with Crippen LogP contribution in [0.2, 0.25) is 5.02 Å². The Balaban J connectivity index is 2.07. The van der Waals surface area contributed by atoms with Crippen LogP contribution in [0.1, 0.15) is 31.4 Å². The lowest BCUT2D eigenvalue weighted by Crippen LogP contribution is -2.54. The van der Waals surface area contributed by atoms with Gasteiger partial charge < -0.3 is 15.0 Å². The molecule has 40 heavy (non-hydrogen) atoms. The summed E-state index contributed by atoms with van der Waals surface area (Å²) in [5, 5.41) is 3.44. The van der Waals surface area contributed by atoms with Crippen LogP contribution in [-0.4, -0.2) is 57.1 Å². The summed E-state index contributed by atoms with van der Waals surface area (Å²) in [5.41, 5.74) is 1.77. The third-order valence-corrected chi connectivity index (χ3v) is 8.10. The van der Waals surface area contributed by atoms with Crippen molar-refractivity contribution < 1.29 is 22.7 Å².